The largest absolute Gasteiger partial charge is 0.465 e. The molecule has 2 rings (SSSR count). The Labute approximate surface area is 78.2 Å². The molecule has 2 heterocycles. The molecule has 0 unspecified atom stereocenters. The normalized spacial score (nSPS) is 19.0. The fraction of sp³-hybridized carbons (Fsp3) is 0.444. The first kappa shape index (κ1) is 8.44. The minimum atomic E-state index is 0.981. The molecule has 1 aliphatic heterocycles. The topological polar surface area (TPSA) is 33.5 Å². The van der Waals surface area contributed by atoms with Gasteiger partial charge in [0, 0.05) is 12.4 Å². The predicted octanol–water partition coefficient (Wildman–Crippen LogP) is -1.03. The molecule has 13 heavy (non-hydrogen) atoms. The molecule has 70 valence electrons. The first-order chi connectivity index (χ1) is 6.36. The molecule has 0 amide bonds. The molecule has 0 radical (unpaired) electrons. The van der Waals surface area contributed by atoms with Crippen molar-refractivity contribution in [2.75, 3.05) is 31.1 Å². The van der Waals surface area contributed by atoms with E-state index >= 15 is 0 Å². The molecule has 0 saturated carbocycles. The summed E-state index contributed by atoms with van der Waals surface area (Å²) >= 11 is 0. The summed E-state index contributed by atoms with van der Waals surface area (Å²) in [5.41, 5.74) is 0. The Morgan fingerprint density at radius 3 is 2.69 bits per heavy atom. The third kappa shape index (κ3) is 1.95. The van der Waals surface area contributed by atoms with Crippen LogP contribution in [0.25, 0.3) is 0 Å². The lowest BCUT2D eigenvalue weighted by molar-refractivity contribution is -0.854. The van der Waals surface area contributed by atoms with Gasteiger partial charge in [0.2, 0.25) is 0 Å². The summed E-state index contributed by atoms with van der Waals surface area (Å²) in [6.45, 7) is 4.21. The molecule has 0 spiro atoms. The monoisotopic (exact) mass is 178 g/mol. The summed E-state index contributed by atoms with van der Waals surface area (Å²) in [5.74, 6) is 0.981. The van der Waals surface area contributed by atoms with Crippen molar-refractivity contribution in [1.29, 1.82) is 0 Å². The molecule has 1 aliphatic rings. The van der Waals surface area contributed by atoms with Crippen molar-refractivity contribution in [1.82, 2.24) is 9.97 Å². The maximum Gasteiger partial charge on any atom is 0.147 e. The summed E-state index contributed by atoms with van der Waals surface area (Å²) in [6, 6.07) is 0. The first-order valence-electron chi connectivity index (χ1n) is 4.54. The fourth-order valence-electron chi connectivity index (χ4n) is 1.51. The van der Waals surface area contributed by atoms with E-state index in [-0.39, 0.29) is 0 Å². The molecule has 0 aliphatic carbocycles. The van der Waals surface area contributed by atoms with Gasteiger partial charge in [-0.25, -0.2) is 4.98 Å². The second-order valence-electron chi connectivity index (χ2n) is 3.30. The van der Waals surface area contributed by atoms with Gasteiger partial charge in [-0.05, 0) is 0 Å². The maximum atomic E-state index is 4.26. The molecule has 4 heteroatoms. The number of piperazine rings is 1. The van der Waals surface area contributed by atoms with Crippen LogP contribution >= 0.6 is 0 Å². The standard InChI is InChI=1S/C9H14N4/c1-12-4-6-13(7-5-12)9-8-10-2-3-11-9/h2-3,8,12H,1,4-7H2. The van der Waals surface area contributed by atoms with E-state index in [1.54, 1.807) is 12.4 Å². The zero-order chi connectivity index (χ0) is 9.10. The molecule has 1 aromatic rings. The van der Waals surface area contributed by atoms with Crippen molar-refractivity contribution in [2.24, 2.45) is 0 Å². The molecule has 1 aromatic heterocycles. The van der Waals surface area contributed by atoms with Gasteiger partial charge in [-0.1, -0.05) is 0 Å². The Morgan fingerprint density at radius 2 is 2.08 bits per heavy atom. The molecule has 1 N–H and O–H groups in total. The van der Waals surface area contributed by atoms with Gasteiger partial charge in [-0.15, -0.1) is 0 Å². The highest BCUT2D eigenvalue weighted by Gasteiger charge is 2.14. The summed E-state index contributed by atoms with van der Waals surface area (Å²) in [5, 5.41) is 0. The zero-order valence-corrected chi connectivity index (χ0v) is 7.61. The molecule has 1 saturated heterocycles. The maximum absolute atomic E-state index is 4.26. The Kier molecular flexibility index (Phi) is 2.40. The Bertz CT molecular complexity index is 254. The number of anilines is 1. The van der Waals surface area contributed by atoms with E-state index in [4.69, 9.17) is 0 Å². The number of rotatable bonds is 1. The van der Waals surface area contributed by atoms with Crippen molar-refractivity contribution < 1.29 is 4.90 Å². The zero-order valence-electron chi connectivity index (χ0n) is 7.61. The predicted molar refractivity (Wildman–Crippen MR) is 50.3 cm³/mol. The van der Waals surface area contributed by atoms with Gasteiger partial charge in [0.25, 0.3) is 0 Å². The van der Waals surface area contributed by atoms with Crippen LogP contribution in [-0.4, -0.2) is 36.1 Å². The van der Waals surface area contributed by atoms with Crippen LogP contribution in [0.15, 0.2) is 18.6 Å². The van der Waals surface area contributed by atoms with Gasteiger partial charge < -0.3 is 9.80 Å². The van der Waals surface area contributed by atoms with Gasteiger partial charge in [-0.2, -0.15) is 7.05 Å². The summed E-state index contributed by atoms with van der Waals surface area (Å²) in [6.07, 6.45) is 5.25. The number of quaternary nitrogens is 1. The quantitative estimate of drug-likeness (QED) is 0.558. The third-order valence-corrected chi connectivity index (χ3v) is 2.34. The lowest BCUT2D eigenvalue weighted by Gasteiger charge is -2.34. The smallest absolute Gasteiger partial charge is 0.147 e. The highest BCUT2D eigenvalue weighted by atomic mass is 15.3. The minimum Gasteiger partial charge on any atom is -0.465 e. The van der Waals surface area contributed by atoms with Gasteiger partial charge in [-0.3, -0.25) is 4.98 Å². The number of aromatic nitrogens is 2. The molecule has 4 nitrogen and oxygen atoms in total. The van der Waals surface area contributed by atoms with E-state index in [1.165, 1.54) is 4.90 Å². The van der Waals surface area contributed by atoms with Crippen LogP contribution < -0.4 is 9.80 Å². The van der Waals surface area contributed by atoms with Crippen LogP contribution in [-0.2, 0) is 0 Å². The van der Waals surface area contributed by atoms with Crippen molar-refractivity contribution in [3.8, 4) is 0 Å². The van der Waals surface area contributed by atoms with E-state index in [0.717, 1.165) is 32.0 Å². The van der Waals surface area contributed by atoms with Crippen LogP contribution in [0.1, 0.15) is 0 Å². The summed E-state index contributed by atoms with van der Waals surface area (Å²) in [7, 11) is 3.98. The lowest BCUT2D eigenvalue weighted by atomic mass is 10.3. The second-order valence-corrected chi connectivity index (χ2v) is 3.30. The van der Waals surface area contributed by atoms with Gasteiger partial charge in [0.05, 0.1) is 32.4 Å². The van der Waals surface area contributed by atoms with Gasteiger partial charge in [0.15, 0.2) is 0 Å². The minimum absolute atomic E-state index is 0.981. The van der Waals surface area contributed by atoms with Crippen molar-refractivity contribution in [3.63, 3.8) is 0 Å². The number of nitrogens with zero attached hydrogens (tertiary/aromatic N) is 3. The van der Waals surface area contributed by atoms with Crippen molar-refractivity contribution in [2.45, 2.75) is 0 Å². The molecular formula is C9H14N4. The van der Waals surface area contributed by atoms with Crippen LogP contribution in [0.2, 0.25) is 0 Å². The lowest BCUT2D eigenvalue weighted by Crippen LogP contribution is -3.10. The summed E-state index contributed by atoms with van der Waals surface area (Å²) < 4.78 is 0. The highest BCUT2D eigenvalue weighted by molar-refractivity contribution is 5.34. The average molecular weight is 178 g/mol. The fourth-order valence-corrected chi connectivity index (χ4v) is 1.51. The molecule has 0 atom stereocenters. The van der Waals surface area contributed by atoms with Crippen LogP contribution in [0.4, 0.5) is 5.82 Å². The van der Waals surface area contributed by atoms with E-state index in [1.807, 2.05) is 6.20 Å². The van der Waals surface area contributed by atoms with Gasteiger partial charge >= 0.3 is 0 Å². The van der Waals surface area contributed by atoms with Crippen molar-refractivity contribution in [3.05, 3.63) is 25.6 Å². The average Bonchev–Trinajstić information content (AvgIpc) is 2.20. The first-order valence-corrected chi connectivity index (χ1v) is 4.54. The number of nitrogens with one attached hydrogen (secondary N) is 1. The van der Waals surface area contributed by atoms with E-state index in [2.05, 4.69) is 21.9 Å². The van der Waals surface area contributed by atoms with Crippen LogP contribution in [0, 0.1) is 7.05 Å². The number of hydrogen-bond acceptors (Lipinski definition) is 3. The SMILES string of the molecule is [CH2-][NH+]1CCN(c2cnccn2)CC1. The molecule has 1 fully saturated rings. The third-order valence-electron chi connectivity index (χ3n) is 2.34. The molecule has 0 aromatic carbocycles. The highest BCUT2D eigenvalue weighted by Crippen LogP contribution is 2.06. The Balaban J connectivity index is 2.03. The number of hydrogen-bond donors (Lipinski definition) is 1. The van der Waals surface area contributed by atoms with E-state index in [0.29, 0.717) is 0 Å². The van der Waals surface area contributed by atoms with E-state index < -0.39 is 0 Å². The Morgan fingerprint density at radius 1 is 1.31 bits per heavy atom. The molecule has 0 bridgehead atoms. The van der Waals surface area contributed by atoms with Crippen molar-refractivity contribution >= 4 is 5.82 Å². The van der Waals surface area contributed by atoms with Gasteiger partial charge in [0.1, 0.15) is 5.82 Å². The van der Waals surface area contributed by atoms with E-state index in [9.17, 15) is 0 Å². The summed E-state index contributed by atoms with van der Waals surface area (Å²) in [4.78, 5) is 11.9. The van der Waals surface area contributed by atoms with Crippen LogP contribution in [0.3, 0.4) is 0 Å². The molecular weight excluding hydrogens is 164 g/mol. The Hall–Kier alpha value is -1.16. The second kappa shape index (κ2) is 3.70. The van der Waals surface area contributed by atoms with Crippen LogP contribution in [0.5, 0.6) is 0 Å².